The zero-order valence-electron chi connectivity index (χ0n) is 6.97. The first-order chi connectivity index (χ1) is 4.88. The van der Waals surface area contributed by atoms with Crippen molar-refractivity contribution in [3.05, 3.63) is 0 Å². The molecule has 0 aromatic heterocycles. The average molecular weight is 143 g/mol. The van der Waals surface area contributed by atoms with Gasteiger partial charge in [-0.3, -0.25) is 4.90 Å². The van der Waals surface area contributed by atoms with E-state index in [0.29, 0.717) is 6.04 Å². The van der Waals surface area contributed by atoms with Crippen LogP contribution in [0, 0.1) is 0 Å². The van der Waals surface area contributed by atoms with Gasteiger partial charge in [-0.05, 0) is 25.9 Å². The van der Waals surface area contributed by atoms with E-state index in [1.165, 1.54) is 25.9 Å². The molecular formula is C8H17NO. The molecular weight excluding hydrogens is 126 g/mol. The van der Waals surface area contributed by atoms with E-state index in [9.17, 15) is 0 Å². The minimum atomic E-state index is 0.704. The normalized spacial score (nSPS) is 27.6. The lowest BCUT2D eigenvalue weighted by Gasteiger charge is -2.21. The second-order valence-electron chi connectivity index (χ2n) is 2.88. The molecule has 1 rings (SSSR count). The van der Waals surface area contributed by atoms with E-state index in [2.05, 4.69) is 11.8 Å². The lowest BCUT2D eigenvalue weighted by molar-refractivity contribution is 0.119. The monoisotopic (exact) mass is 143 g/mol. The molecule has 0 N–H and O–H groups in total. The van der Waals surface area contributed by atoms with Gasteiger partial charge in [-0.25, -0.2) is 0 Å². The van der Waals surface area contributed by atoms with E-state index >= 15 is 0 Å². The Bertz CT molecular complexity index is 95.3. The first kappa shape index (κ1) is 8.02. The number of nitrogens with zero attached hydrogens (tertiary/aromatic N) is 1. The van der Waals surface area contributed by atoms with Crippen molar-refractivity contribution in [3.8, 4) is 0 Å². The SMILES string of the molecule is CCN1CCC[C@H]1COC. The van der Waals surface area contributed by atoms with Crippen LogP contribution in [0.5, 0.6) is 0 Å². The standard InChI is InChI=1S/C8H17NO/c1-3-9-6-4-5-8(9)7-10-2/h8H,3-7H2,1-2H3/t8-/m0/s1. The van der Waals surface area contributed by atoms with Crippen molar-refractivity contribution in [1.29, 1.82) is 0 Å². The molecule has 0 aromatic carbocycles. The van der Waals surface area contributed by atoms with Crippen LogP contribution in [0.1, 0.15) is 19.8 Å². The molecule has 60 valence electrons. The smallest absolute Gasteiger partial charge is 0.0618 e. The average Bonchev–Trinajstić information content (AvgIpc) is 2.36. The lowest BCUT2D eigenvalue weighted by Crippen LogP contribution is -2.32. The van der Waals surface area contributed by atoms with Crippen LogP contribution in [0.4, 0.5) is 0 Å². The summed E-state index contributed by atoms with van der Waals surface area (Å²) in [6, 6.07) is 0.704. The van der Waals surface area contributed by atoms with Crippen LogP contribution in [-0.2, 0) is 4.74 Å². The second-order valence-corrected chi connectivity index (χ2v) is 2.88. The molecule has 0 saturated carbocycles. The maximum absolute atomic E-state index is 5.12. The molecule has 10 heavy (non-hydrogen) atoms. The first-order valence-electron chi connectivity index (χ1n) is 4.11. The third-order valence-corrected chi connectivity index (χ3v) is 2.26. The molecule has 0 radical (unpaired) electrons. The van der Waals surface area contributed by atoms with Gasteiger partial charge in [-0.2, -0.15) is 0 Å². The van der Waals surface area contributed by atoms with Crippen molar-refractivity contribution >= 4 is 0 Å². The van der Waals surface area contributed by atoms with Crippen LogP contribution in [-0.4, -0.2) is 37.7 Å². The molecule has 0 unspecified atom stereocenters. The van der Waals surface area contributed by atoms with E-state index < -0.39 is 0 Å². The van der Waals surface area contributed by atoms with Crippen molar-refractivity contribution < 1.29 is 4.74 Å². The summed E-state index contributed by atoms with van der Waals surface area (Å²) in [4.78, 5) is 2.49. The highest BCUT2D eigenvalue weighted by molar-refractivity contribution is 4.77. The third-order valence-electron chi connectivity index (χ3n) is 2.26. The fourth-order valence-corrected chi connectivity index (χ4v) is 1.69. The fraction of sp³-hybridized carbons (Fsp3) is 1.00. The zero-order chi connectivity index (χ0) is 7.40. The Kier molecular flexibility index (Phi) is 3.16. The summed E-state index contributed by atoms with van der Waals surface area (Å²) in [6.45, 7) is 5.57. The van der Waals surface area contributed by atoms with Crippen LogP contribution in [0.25, 0.3) is 0 Å². The summed E-state index contributed by atoms with van der Waals surface area (Å²) in [5.41, 5.74) is 0. The van der Waals surface area contributed by atoms with Crippen molar-refractivity contribution in [2.75, 3.05) is 26.8 Å². The summed E-state index contributed by atoms with van der Waals surface area (Å²) in [7, 11) is 1.78. The van der Waals surface area contributed by atoms with Crippen LogP contribution in [0.3, 0.4) is 0 Å². The van der Waals surface area contributed by atoms with Gasteiger partial charge < -0.3 is 4.74 Å². The Balaban J connectivity index is 2.27. The number of hydrogen-bond acceptors (Lipinski definition) is 2. The molecule has 0 aromatic rings. The predicted molar refractivity (Wildman–Crippen MR) is 42.1 cm³/mol. The van der Waals surface area contributed by atoms with E-state index in [4.69, 9.17) is 4.74 Å². The number of rotatable bonds is 3. The molecule has 2 heteroatoms. The van der Waals surface area contributed by atoms with Gasteiger partial charge in [0, 0.05) is 13.2 Å². The number of ether oxygens (including phenoxy) is 1. The van der Waals surface area contributed by atoms with E-state index in [1.54, 1.807) is 7.11 Å². The number of hydrogen-bond donors (Lipinski definition) is 0. The molecule has 1 aliphatic heterocycles. The second kappa shape index (κ2) is 3.94. The molecule has 1 heterocycles. The van der Waals surface area contributed by atoms with Gasteiger partial charge in [-0.1, -0.05) is 6.92 Å². The molecule has 0 spiro atoms. The number of likely N-dealkylation sites (tertiary alicyclic amines) is 1. The van der Waals surface area contributed by atoms with Crippen molar-refractivity contribution in [3.63, 3.8) is 0 Å². The van der Waals surface area contributed by atoms with Crippen molar-refractivity contribution in [2.24, 2.45) is 0 Å². The fourth-order valence-electron chi connectivity index (χ4n) is 1.69. The largest absolute Gasteiger partial charge is 0.383 e. The molecule has 1 aliphatic rings. The van der Waals surface area contributed by atoms with Gasteiger partial charge >= 0.3 is 0 Å². The summed E-state index contributed by atoms with van der Waals surface area (Å²) >= 11 is 0. The van der Waals surface area contributed by atoms with Crippen LogP contribution >= 0.6 is 0 Å². The molecule has 0 aliphatic carbocycles. The minimum Gasteiger partial charge on any atom is -0.383 e. The maximum atomic E-state index is 5.12. The molecule has 1 atom stereocenters. The van der Waals surface area contributed by atoms with Gasteiger partial charge in [-0.15, -0.1) is 0 Å². The van der Waals surface area contributed by atoms with Crippen LogP contribution in [0.2, 0.25) is 0 Å². The maximum Gasteiger partial charge on any atom is 0.0618 e. The van der Waals surface area contributed by atoms with E-state index in [1.807, 2.05) is 0 Å². The highest BCUT2D eigenvalue weighted by atomic mass is 16.5. The van der Waals surface area contributed by atoms with Gasteiger partial charge in [0.2, 0.25) is 0 Å². The van der Waals surface area contributed by atoms with Gasteiger partial charge in [0.1, 0.15) is 0 Å². The summed E-state index contributed by atoms with van der Waals surface area (Å²) in [6.07, 6.45) is 2.67. The van der Waals surface area contributed by atoms with Crippen molar-refractivity contribution in [1.82, 2.24) is 4.90 Å². The van der Waals surface area contributed by atoms with Crippen LogP contribution in [0.15, 0.2) is 0 Å². The summed E-state index contributed by atoms with van der Waals surface area (Å²) < 4.78 is 5.12. The van der Waals surface area contributed by atoms with Gasteiger partial charge in [0.25, 0.3) is 0 Å². The Hall–Kier alpha value is -0.0800. The van der Waals surface area contributed by atoms with Crippen LogP contribution < -0.4 is 0 Å². The minimum absolute atomic E-state index is 0.704. The molecule has 1 fully saturated rings. The number of methoxy groups -OCH3 is 1. The molecule has 2 nitrogen and oxygen atoms in total. The highest BCUT2D eigenvalue weighted by Crippen LogP contribution is 2.15. The Morgan fingerprint density at radius 1 is 1.60 bits per heavy atom. The third kappa shape index (κ3) is 1.70. The first-order valence-corrected chi connectivity index (χ1v) is 4.11. The Labute approximate surface area is 63.2 Å². The van der Waals surface area contributed by atoms with E-state index in [0.717, 1.165) is 6.61 Å². The summed E-state index contributed by atoms with van der Waals surface area (Å²) in [5.74, 6) is 0. The van der Waals surface area contributed by atoms with E-state index in [-0.39, 0.29) is 0 Å². The topological polar surface area (TPSA) is 12.5 Å². The Morgan fingerprint density at radius 3 is 3.00 bits per heavy atom. The molecule has 0 bridgehead atoms. The van der Waals surface area contributed by atoms with Gasteiger partial charge in [0.15, 0.2) is 0 Å². The summed E-state index contributed by atoms with van der Waals surface area (Å²) in [5, 5.41) is 0. The highest BCUT2D eigenvalue weighted by Gasteiger charge is 2.21. The molecule has 0 amide bonds. The van der Waals surface area contributed by atoms with Crippen molar-refractivity contribution in [2.45, 2.75) is 25.8 Å². The Morgan fingerprint density at radius 2 is 2.40 bits per heavy atom. The predicted octanol–water partition coefficient (Wildman–Crippen LogP) is 1.12. The lowest BCUT2D eigenvalue weighted by atomic mass is 10.2. The number of likely N-dealkylation sites (N-methyl/N-ethyl adjacent to an activating group) is 1. The van der Waals surface area contributed by atoms with Gasteiger partial charge in [0.05, 0.1) is 6.61 Å². The quantitative estimate of drug-likeness (QED) is 0.587. The molecule has 1 saturated heterocycles. The zero-order valence-corrected chi connectivity index (χ0v) is 6.97.